The van der Waals surface area contributed by atoms with Crippen LogP contribution in [0.4, 0.5) is 5.69 Å². The molecule has 1 N–H and O–H groups in total. The number of nitrogens with one attached hydrogen (secondary N) is 1. The van der Waals surface area contributed by atoms with Crippen LogP contribution in [0.3, 0.4) is 0 Å². The first-order valence-electron chi connectivity index (χ1n) is 12.9. The van der Waals surface area contributed by atoms with Crippen molar-refractivity contribution in [3.05, 3.63) is 71.1 Å². The summed E-state index contributed by atoms with van der Waals surface area (Å²) in [6, 6.07) is 18.5. The third-order valence-electron chi connectivity index (χ3n) is 6.98. The number of carbonyl (C=O) groups excluding carboxylic acids is 1. The molecule has 3 heterocycles. The van der Waals surface area contributed by atoms with Crippen LogP contribution >= 0.6 is 0 Å². The highest BCUT2D eigenvalue weighted by atomic mass is 16.2. The molecule has 1 amide bonds. The van der Waals surface area contributed by atoms with Gasteiger partial charge >= 0.3 is 0 Å². The number of hydrogen-bond acceptors (Lipinski definition) is 5. The molecule has 2 aromatic carbocycles. The molecule has 1 saturated heterocycles. The van der Waals surface area contributed by atoms with Gasteiger partial charge < -0.3 is 14.8 Å². The summed E-state index contributed by atoms with van der Waals surface area (Å²) in [6.45, 7) is 8.38. The number of piperazine rings is 1. The summed E-state index contributed by atoms with van der Waals surface area (Å²) in [5.74, 6) is -0.184. The second-order valence-electron chi connectivity index (χ2n) is 9.41. The number of nitrogens with zero attached hydrogens (tertiary/aromatic N) is 5. The Labute approximate surface area is 211 Å². The zero-order valence-electron chi connectivity index (χ0n) is 20.9. The topological polar surface area (TPSA) is 75.4 Å². The maximum Gasteiger partial charge on any atom is 0.291 e. The number of anilines is 1. The minimum absolute atomic E-state index is 0.0713. The first-order valence-corrected chi connectivity index (χ1v) is 12.9. The molecule has 4 aromatic rings. The smallest absolute Gasteiger partial charge is 0.291 e. The maximum absolute atomic E-state index is 13.3. The number of para-hydroxylation sites is 2. The third-order valence-corrected chi connectivity index (χ3v) is 6.98. The molecule has 1 aliphatic heterocycles. The molecule has 2 aromatic heterocycles. The number of fused-ring (bicyclic) bond motifs is 3. The van der Waals surface area contributed by atoms with E-state index in [0.29, 0.717) is 12.1 Å². The number of amides is 1. The fourth-order valence-electron chi connectivity index (χ4n) is 5.15. The standard InChI is InChI=1S/C28H34N6O2/c1-2-14-33-25-12-7-6-11-23(25)24-20-30-34(28(36)27(24)33)21-26(35)29-13-8-15-31-16-18-32(19-17-31)22-9-4-3-5-10-22/h3-7,9-12,20H,2,8,13-19,21H2,1H3,(H,29,35). The number of aryl methyl sites for hydroxylation is 1. The molecule has 0 aliphatic carbocycles. The second kappa shape index (κ2) is 11.0. The minimum Gasteiger partial charge on any atom is -0.369 e. The molecular formula is C28H34N6O2. The first kappa shape index (κ1) is 24.1. The van der Waals surface area contributed by atoms with Crippen LogP contribution < -0.4 is 15.8 Å². The average Bonchev–Trinajstić information content (AvgIpc) is 3.23. The lowest BCUT2D eigenvalue weighted by Gasteiger charge is -2.36. The molecule has 0 spiro atoms. The Hall–Kier alpha value is -3.65. The summed E-state index contributed by atoms with van der Waals surface area (Å²) >= 11 is 0. The molecule has 5 rings (SSSR count). The number of rotatable bonds is 9. The Bertz CT molecular complexity index is 1390. The van der Waals surface area contributed by atoms with Crippen molar-refractivity contribution >= 4 is 33.4 Å². The number of aromatic nitrogens is 3. The van der Waals surface area contributed by atoms with E-state index in [1.807, 2.05) is 30.3 Å². The van der Waals surface area contributed by atoms with E-state index in [1.165, 1.54) is 10.4 Å². The van der Waals surface area contributed by atoms with Gasteiger partial charge in [0.2, 0.25) is 5.91 Å². The molecule has 0 bridgehead atoms. The fraction of sp³-hybridized carbons (Fsp3) is 0.393. The lowest BCUT2D eigenvalue weighted by atomic mass is 10.2. The van der Waals surface area contributed by atoms with E-state index in [2.05, 4.69) is 56.0 Å². The predicted molar refractivity (Wildman–Crippen MR) is 145 cm³/mol. The quantitative estimate of drug-likeness (QED) is 0.368. The summed E-state index contributed by atoms with van der Waals surface area (Å²) in [5, 5.41) is 9.15. The summed E-state index contributed by atoms with van der Waals surface area (Å²) in [7, 11) is 0. The van der Waals surface area contributed by atoms with Crippen molar-refractivity contribution in [1.29, 1.82) is 0 Å². The normalized spacial score (nSPS) is 14.5. The van der Waals surface area contributed by atoms with Crippen LogP contribution in [-0.4, -0.2) is 64.4 Å². The maximum atomic E-state index is 13.3. The van der Waals surface area contributed by atoms with Gasteiger partial charge in [-0.2, -0.15) is 5.10 Å². The molecule has 36 heavy (non-hydrogen) atoms. The van der Waals surface area contributed by atoms with Gasteiger partial charge in [0.25, 0.3) is 5.56 Å². The van der Waals surface area contributed by atoms with E-state index in [-0.39, 0.29) is 18.0 Å². The van der Waals surface area contributed by atoms with Crippen LogP contribution in [0, 0.1) is 0 Å². The van der Waals surface area contributed by atoms with Gasteiger partial charge in [-0.05, 0) is 37.6 Å². The predicted octanol–water partition coefficient (Wildman–Crippen LogP) is 3.09. The summed E-state index contributed by atoms with van der Waals surface area (Å²) in [5.41, 5.74) is 2.71. The van der Waals surface area contributed by atoms with Crippen LogP contribution in [0.1, 0.15) is 19.8 Å². The van der Waals surface area contributed by atoms with Gasteiger partial charge in [0.05, 0.1) is 6.20 Å². The molecule has 1 fully saturated rings. The zero-order valence-corrected chi connectivity index (χ0v) is 20.9. The molecular weight excluding hydrogens is 452 g/mol. The molecule has 0 atom stereocenters. The van der Waals surface area contributed by atoms with Crippen LogP contribution in [0.15, 0.2) is 65.6 Å². The van der Waals surface area contributed by atoms with E-state index in [1.54, 1.807) is 6.20 Å². The number of carbonyl (C=O) groups is 1. The molecule has 0 saturated carbocycles. The van der Waals surface area contributed by atoms with Crippen LogP contribution in [-0.2, 0) is 17.9 Å². The highest BCUT2D eigenvalue weighted by Crippen LogP contribution is 2.26. The Morgan fingerprint density at radius 2 is 1.69 bits per heavy atom. The van der Waals surface area contributed by atoms with Crippen molar-refractivity contribution in [2.45, 2.75) is 32.9 Å². The largest absolute Gasteiger partial charge is 0.369 e. The summed E-state index contributed by atoms with van der Waals surface area (Å²) < 4.78 is 3.34. The van der Waals surface area contributed by atoms with Crippen molar-refractivity contribution in [3.63, 3.8) is 0 Å². The second-order valence-corrected chi connectivity index (χ2v) is 9.41. The SMILES string of the molecule is CCCn1c2ccccc2c2cnn(CC(=O)NCCCN3CCN(c4ccccc4)CC3)c(=O)c21. The van der Waals surface area contributed by atoms with Crippen molar-refractivity contribution in [2.75, 3.05) is 44.2 Å². The van der Waals surface area contributed by atoms with Crippen LogP contribution in [0.2, 0.25) is 0 Å². The Morgan fingerprint density at radius 3 is 2.47 bits per heavy atom. The number of benzene rings is 2. The van der Waals surface area contributed by atoms with Crippen molar-refractivity contribution in [2.24, 2.45) is 0 Å². The van der Waals surface area contributed by atoms with Crippen LogP contribution in [0.25, 0.3) is 21.8 Å². The molecule has 1 aliphatic rings. The van der Waals surface area contributed by atoms with Gasteiger partial charge in [-0.25, -0.2) is 4.68 Å². The highest BCUT2D eigenvalue weighted by Gasteiger charge is 2.18. The Morgan fingerprint density at radius 1 is 0.944 bits per heavy atom. The lowest BCUT2D eigenvalue weighted by molar-refractivity contribution is -0.121. The van der Waals surface area contributed by atoms with Gasteiger partial charge in [0.15, 0.2) is 0 Å². The van der Waals surface area contributed by atoms with Crippen LogP contribution in [0.5, 0.6) is 0 Å². The average molecular weight is 487 g/mol. The van der Waals surface area contributed by atoms with Gasteiger partial charge in [0, 0.05) is 61.2 Å². The Kier molecular flexibility index (Phi) is 7.32. The first-order chi connectivity index (χ1) is 17.7. The van der Waals surface area contributed by atoms with Crippen molar-refractivity contribution < 1.29 is 4.79 Å². The van der Waals surface area contributed by atoms with E-state index >= 15 is 0 Å². The summed E-state index contributed by atoms with van der Waals surface area (Å²) in [4.78, 5) is 30.7. The minimum atomic E-state index is -0.219. The molecule has 8 heteroatoms. The third kappa shape index (κ3) is 4.99. The van der Waals surface area contributed by atoms with Gasteiger partial charge in [-0.15, -0.1) is 0 Å². The molecule has 0 radical (unpaired) electrons. The van der Waals surface area contributed by atoms with E-state index in [4.69, 9.17) is 0 Å². The van der Waals surface area contributed by atoms with E-state index in [0.717, 1.165) is 68.4 Å². The number of hydrogen-bond donors (Lipinski definition) is 1. The van der Waals surface area contributed by atoms with Crippen molar-refractivity contribution in [1.82, 2.24) is 24.6 Å². The molecule has 0 unspecified atom stereocenters. The van der Waals surface area contributed by atoms with Gasteiger partial charge in [0.1, 0.15) is 12.1 Å². The monoisotopic (exact) mass is 486 g/mol. The zero-order chi connectivity index (χ0) is 24.9. The fourth-order valence-corrected chi connectivity index (χ4v) is 5.15. The van der Waals surface area contributed by atoms with E-state index < -0.39 is 0 Å². The van der Waals surface area contributed by atoms with Gasteiger partial charge in [-0.1, -0.05) is 43.3 Å². The Balaban J connectivity index is 1.14. The van der Waals surface area contributed by atoms with Gasteiger partial charge in [-0.3, -0.25) is 14.5 Å². The van der Waals surface area contributed by atoms with Crippen molar-refractivity contribution in [3.8, 4) is 0 Å². The summed E-state index contributed by atoms with van der Waals surface area (Å²) in [6.07, 6.45) is 3.51. The molecule has 8 nitrogen and oxygen atoms in total. The lowest BCUT2D eigenvalue weighted by Crippen LogP contribution is -2.47. The van der Waals surface area contributed by atoms with E-state index in [9.17, 15) is 9.59 Å². The highest BCUT2D eigenvalue weighted by molar-refractivity contribution is 6.07. The molecule has 188 valence electrons.